The van der Waals surface area contributed by atoms with Crippen molar-refractivity contribution in [2.75, 3.05) is 21.3 Å². The van der Waals surface area contributed by atoms with Gasteiger partial charge in [0.25, 0.3) is 0 Å². The van der Waals surface area contributed by atoms with Crippen LogP contribution in [0.5, 0.6) is 17.2 Å². The molecule has 7 heteroatoms. The van der Waals surface area contributed by atoms with Crippen molar-refractivity contribution in [1.29, 1.82) is 0 Å². The Balaban J connectivity index is 2.54. The second-order valence-corrected chi connectivity index (χ2v) is 4.44. The van der Waals surface area contributed by atoms with Crippen molar-refractivity contribution >= 4 is 0 Å². The lowest BCUT2D eigenvalue weighted by Gasteiger charge is -2.20. The zero-order valence-corrected chi connectivity index (χ0v) is 12.6. The Kier molecular flexibility index (Phi) is 4.66. The minimum atomic E-state index is -0.244. The SMILES string of the molecule is COc1cc(C(NN)c2ccnn2C)cc(OC)c1OC. The molecule has 0 amide bonds. The van der Waals surface area contributed by atoms with E-state index in [1.54, 1.807) is 32.2 Å². The molecular weight excluding hydrogens is 272 g/mol. The summed E-state index contributed by atoms with van der Waals surface area (Å²) in [5, 5.41) is 4.16. The van der Waals surface area contributed by atoms with E-state index in [2.05, 4.69) is 10.5 Å². The van der Waals surface area contributed by atoms with Crippen molar-refractivity contribution in [2.45, 2.75) is 6.04 Å². The van der Waals surface area contributed by atoms with Crippen LogP contribution >= 0.6 is 0 Å². The van der Waals surface area contributed by atoms with Gasteiger partial charge in [0.05, 0.1) is 33.1 Å². The molecule has 7 nitrogen and oxygen atoms in total. The molecule has 1 aromatic carbocycles. The monoisotopic (exact) mass is 292 g/mol. The molecule has 0 fully saturated rings. The Morgan fingerprint density at radius 3 is 2.14 bits per heavy atom. The molecule has 114 valence electrons. The Morgan fingerprint density at radius 1 is 1.14 bits per heavy atom. The molecule has 1 aromatic heterocycles. The van der Waals surface area contributed by atoms with Crippen molar-refractivity contribution in [1.82, 2.24) is 15.2 Å². The number of aromatic nitrogens is 2. The summed E-state index contributed by atoms with van der Waals surface area (Å²) in [5.74, 6) is 7.42. The molecule has 0 aliphatic rings. The zero-order chi connectivity index (χ0) is 15.4. The summed E-state index contributed by atoms with van der Waals surface area (Å²) in [7, 11) is 6.59. The average molecular weight is 292 g/mol. The van der Waals surface area contributed by atoms with Crippen LogP contribution in [0.15, 0.2) is 24.4 Å². The summed E-state index contributed by atoms with van der Waals surface area (Å²) in [6.07, 6.45) is 1.72. The van der Waals surface area contributed by atoms with Gasteiger partial charge in [-0.25, -0.2) is 5.43 Å². The number of benzene rings is 1. The predicted molar refractivity (Wildman–Crippen MR) is 78.5 cm³/mol. The maximum absolute atomic E-state index is 5.71. The lowest BCUT2D eigenvalue weighted by molar-refractivity contribution is 0.323. The quantitative estimate of drug-likeness (QED) is 0.610. The number of hydrogen-bond acceptors (Lipinski definition) is 6. The smallest absolute Gasteiger partial charge is 0.203 e. The average Bonchev–Trinajstić information content (AvgIpc) is 2.93. The molecule has 0 radical (unpaired) electrons. The van der Waals surface area contributed by atoms with Gasteiger partial charge in [-0.1, -0.05) is 0 Å². The number of methoxy groups -OCH3 is 3. The maximum atomic E-state index is 5.71. The first-order chi connectivity index (χ1) is 10.2. The van der Waals surface area contributed by atoms with E-state index in [0.717, 1.165) is 11.3 Å². The highest BCUT2D eigenvalue weighted by Crippen LogP contribution is 2.40. The summed E-state index contributed by atoms with van der Waals surface area (Å²) in [6, 6.07) is 5.37. The second-order valence-electron chi connectivity index (χ2n) is 4.44. The van der Waals surface area contributed by atoms with Gasteiger partial charge in [0, 0.05) is 13.2 Å². The van der Waals surface area contributed by atoms with Gasteiger partial charge in [-0.2, -0.15) is 5.10 Å². The van der Waals surface area contributed by atoms with Crippen molar-refractivity contribution in [3.63, 3.8) is 0 Å². The van der Waals surface area contributed by atoms with Crippen LogP contribution in [0.25, 0.3) is 0 Å². The summed E-state index contributed by atoms with van der Waals surface area (Å²) in [4.78, 5) is 0. The standard InChI is InChI=1S/C14H20N4O3/c1-18-10(5-6-16-18)13(17-15)9-7-11(19-2)14(21-4)12(8-9)20-3/h5-8,13,17H,15H2,1-4H3. The molecule has 0 saturated carbocycles. The fraction of sp³-hybridized carbons (Fsp3) is 0.357. The van der Waals surface area contributed by atoms with Gasteiger partial charge in [0.1, 0.15) is 0 Å². The Labute approximate surface area is 123 Å². The van der Waals surface area contributed by atoms with Crippen LogP contribution < -0.4 is 25.5 Å². The highest BCUT2D eigenvalue weighted by molar-refractivity contribution is 5.55. The van der Waals surface area contributed by atoms with Gasteiger partial charge >= 0.3 is 0 Å². The van der Waals surface area contributed by atoms with Crippen LogP contribution in [0.1, 0.15) is 17.3 Å². The van der Waals surface area contributed by atoms with E-state index in [-0.39, 0.29) is 6.04 Å². The normalized spacial score (nSPS) is 12.0. The van der Waals surface area contributed by atoms with E-state index in [1.807, 2.05) is 25.2 Å². The largest absolute Gasteiger partial charge is 0.493 e. The van der Waals surface area contributed by atoms with Crippen LogP contribution in [0.2, 0.25) is 0 Å². The lowest BCUT2D eigenvalue weighted by atomic mass is 10.0. The fourth-order valence-corrected chi connectivity index (χ4v) is 2.29. The number of hydrogen-bond donors (Lipinski definition) is 2. The molecule has 0 aliphatic heterocycles. The van der Waals surface area contributed by atoms with Gasteiger partial charge in [-0.3, -0.25) is 10.5 Å². The number of ether oxygens (including phenoxy) is 3. The highest BCUT2D eigenvalue weighted by Gasteiger charge is 2.21. The van der Waals surface area contributed by atoms with E-state index in [1.165, 1.54) is 0 Å². The molecule has 0 aliphatic carbocycles. The van der Waals surface area contributed by atoms with Gasteiger partial charge in [0.15, 0.2) is 11.5 Å². The third-order valence-corrected chi connectivity index (χ3v) is 3.34. The van der Waals surface area contributed by atoms with Crippen LogP contribution in [0.3, 0.4) is 0 Å². The molecule has 0 bridgehead atoms. The number of nitrogens with one attached hydrogen (secondary N) is 1. The lowest BCUT2D eigenvalue weighted by Crippen LogP contribution is -2.30. The van der Waals surface area contributed by atoms with Crippen molar-refractivity contribution in [3.8, 4) is 17.2 Å². The number of nitrogens with zero attached hydrogens (tertiary/aromatic N) is 2. The number of hydrazine groups is 1. The summed E-state index contributed by atoms with van der Waals surface area (Å²) in [6.45, 7) is 0. The molecule has 3 N–H and O–H groups in total. The first-order valence-electron chi connectivity index (χ1n) is 6.40. The molecular formula is C14H20N4O3. The predicted octanol–water partition coefficient (Wildman–Crippen LogP) is 0.999. The first-order valence-corrected chi connectivity index (χ1v) is 6.40. The van der Waals surface area contributed by atoms with Crippen molar-refractivity contribution < 1.29 is 14.2 Å². The van der Waals surface area contributed by atoms with E-state index in [4.69, 9.17) is 20.1 Å². The molecule has 1 unspecified atom stereocenters. The molecule has 21 heavy (non-hydrogen) atoms. The molecule has 1 atom stereocenters. The van der Waals surface area contributed by atoms with Gasteiger partial charge in [0.2, 0.25) is 5.75 Å². The molecule has 0 spiro atoms. The minimum absolute atomic E-state index is 0.244. The fourth-order valence-electron chi connectivity index (χ4n) is 2.29. The van der Waals surface area contributed by atoms with Crippen LogP contribution in [0, 0.1) is 0 Å². The second kappa shape index (κ2) is 6.47. The van der Waals surface area contributed by atoms with E-state index in [9.17, 15) is 0 Å². The minimum Gasteiger partial charge on any atom is -0.493 e. The summed E-state index contributed by atoms with van der Waals surface area (Å²) < 4.78 is 17.8. The zero-order valence-electron chi connectivity index (χ0n) is 12.6. The van der Waals surface area contributed by atoms with E-state index < -0.39 is 0 Å². The molecule has 1 heterocycles. The Morgan fingerprint density at radius 2 is 1.76 bits per heavy atom. The number of rotatable bonds is 6. The van der Waals surface area contributed by atoms with Crippen LogP contribution in [0.4, 0.5) is 0 Å². The number of nitrogens with two attached hydrogens (primary N) is 1. The van der Waals surface area contributed by atoms with Crippen LogP contribution in [-0.4, -0.2) is 31.1 Å². The van der Waals surface area contributed by atoms with Gasteiger partial charge in [-0.05, 0) is 23.8 Å². The van der Waals surface area contributed by atoms with Gasteiger partial charge in [-0.15, -0.1) is 0 Å². The van der Waals surface area contributed by atoms with E-state index in [0.29, 0.717) is 17.2 Å². The number of aryl methyl sites for hydroxylation is 1. The summed E-state index contributed by atoms with van der Waals surface area (Å²) in [5.41, 5.74) is 4.60. The van der Waals surface area contributed by atoms with E-state index >= 15 is 0 Å². The van der Waals surface area contributed by atoms with Crippen molar-refractivity contribution in [2.24, 2.45) is 12.9 Å². The third-order valence-electron chi connectivity index (χ3n) is 3.34. The third kappa shape index (κ3) is 2.79. The molecule has 2 aromatic rings. The maximum Gasteiger partial charge on any atom is 0.203 e. The van der Waals surface area contributed by atoms with Crippen molar-refractivity contribution in [3.05, 3.63) is 35.7 Å². The Bertz CT molecular complexity index is 587. The van der Waals surface area contributed by atoms with Gasteiger partial charge < -0.3 is 14.2 Å². The van der Waals surface area contributed by atoms with Crippen LogP contribution in [-0.2, 0) is 7.05 Å². The summed E-state index contributed by atoms with van der Waals surface area (Å²) >= 11 is 0. The Hall–Kier alpha value is -2.25. The topological polar surface area (TPSA) is 83.6 Å². The first kappa shape index (κ1) is 15.1. The highest BCUT2D eigenvalue weighted by atomic mass is 16.5. The molecule has 2 rings (SSSR count). The molecule has 0 saturated heterocycles.